The second-order valence-electron chi connectivity index (χ2n) is 7.02. The molecular formula is C23H24N2O2. The quantitative estimate of drug-likeness (QED) is 0.596. The average Bonchev–Trinajstić information content (AvgIpc) is 2.94. The molecule has 0 fully saturated rings. The van der Waals surface area contributed by atoms with E-state index in [-0.39, 0.29) is 5.56 Å². The van der Waals surface area contributed by atoms with Crippen LogP contribution in [-0.2, 0) is 0 Å². The second kappa shape index (κ2) is 7.62. The van der Waals surface area contributed by atoms with Gasteiger partial charge in [0.1, 0.15) is 0 Å². The molecule has 0 saturated heterocycles. The standard InChI is InChI=1S/C23H24N2O2/c1-15(2)18-7-11-22(12-8-18)25-16(3)13-20(17(25)4)14-24-21-9-5-19(6-10-21)23(26)27/h5-15H,1-4H3,(H,26,27). The molecule has 0 saturated carbocycles. The van der Waals surface area contributed by atoms with Crippen molar-refractivity contribution in [1.82, 2.24) is 4.57 Å². The first-order valence-corrected chi connectivity index (χ1v) is 9.03. The van der Waals surface area contributed by atoms with Crippen molar-refractivity contribution < 1.29 is 9.90 Å². The highest BCUT2D eigenvalue weighted by atomic mass is 16.4. The molecule has 27 heavy (non-hydrogen) atoms. The van der Waals surface area contributed by atoms with E-state index in [9.17, 15) is 4.79 Å². The zero-order chi connectivity index (χ0) is 19.6. The van der Waals surface area contributed by atoms with Gasteiger partial charge < -0.3 is 9.67 Å². The number of rotatable bonds is 5. The SMILES string of the molecule is Cc1cc(C=Nc2ccc(C(=O)O)cc2)c(C)n1-c1ccc(C(C)C)cc1. The number of aromatic carboxylic acids is 1. The summed E-state index contributed by atoms with van der Waals surface area (Å²) in [5, 5.41) is 8.97. The molecule has 1 aromatic heterocycles. The highest BCUT2D eigenvalue weighted by Gasteiger charge is 2.10. The van der Waals surface area contributed by atoms with E-state index < -0.39 is 5.97 Å². The van der Waals surface area contributed by atoms with E-state index in [0.29, 0.717) is 5.92 Å². The summed E-state index contributed by atoms with van der Waals surface area (Å²) in [5.74, 6) is -0.418. The van der Waals surface area contributed by atoms with Crippen LogP contribution in [-0.4, -0.2) is 21.9 Å². The van der Waals surface area contributed by atoms with Crippen LogP contribution in [0.25, 0.3) is 5.69 Å². The fourth-order valence-corrected chi connectivity index (χ4v) is 3.16. The van der Waals surface area contributed by atoms with Crippen molar-refractivity contribution in [2.45, 2.75) is 33.6 Å². The molecule has 0 bridgehead atoms. The molecule has 2 aromatic carbocycles. The molecule has 0 spiro atoms. The zero-order valence-corrected chi connectivity index (χ0v) is 16.1. The van der Waals surface area contributed by atoms with Crippen LogP contribution in [0.1, 0.15) is 52.6 Å². The van der Waals surface area contributed by atoms with E-state index in [4.69, 9.17) is 5.11 Å². The molecule has 0 atom stereocenters. The molecule has 4 nitrogen and oxygen atoms in total. The Labute approximate surface area is 159 Å². The van der Waals surface area contributed by atoms with Crippen molar-refractivity contribution in [3.05, 3.63) is 82.7 Å². The van der Waals surface area contributed by atoms with Gasteiger partial charge >= 0.3 is 5.97 Å². The zero-order valence-electron chi connectivity index (χ0n) is 16.1. The molecule has 0 radical (unpaired) electrons. The molecule has 1 heterocycles. The number of hydrogen-bond donors (Lipinski definition) is 1. The third kappa shape index (κ3) is 4.00. The Morgan fingerprint density at radius 2 is 1.67 bits per heavy atom. The summed E-state index contributed by atoms with van der Waals surface area (Å²) in [6, 6.07) is 17.3. The predicted molar refractivity (Wildman–Crippen MR) is 110 cm³/mol. The molecular weight excluding hydrogens is 336 g/mol. The van der Waals surface area contributed by atoms with Gasteiger partial charge in [0.2, 0.25) is 0 Å². The van der Waals surface area contributed by atoms with Gasteiger partial charge in [-0.05, 0) is 67.8 Å². The van der Waals surface area contributed by atoms with Gasteiger partial charge in [-0.3, -0.25) is 4.99 Å². The minimum atomic E-state index is -0.933. The maximum absolute atomic E-state index is 10.9. The van der Waals surface area contributed by atoms with E-state index in [1.54, 1.807) is 24.3 Å². The Kier molecular flexibility index (Phi) is 5.26. The normalized spacial score (nSPS) is 11.4. The molecule has 0 aliphatic rings. The van der Waals surface area contributed by atoms with E-state index in [1.807, 2.05) is 6.21 Å². The van der Waals surface area contributed by atoms with Crippen molar-refractivity contribution in [2.24, 2.45) is 4.99 Å². The summed E-state index contributed by atoms with van der Waals surface area (Å²) in [6.07, 6.45) is 1.83. The van der Waals surface area contributed by atoms with E-state index in [1.165, 1.54) is 5.56 Å². The Hall–Kier alpha value is -3.14. The number of aliphatic imine (C=N–C) groups is 1. The van der Waals surface area contributed by atoms with Crippen LogP contribution in [0.15, 0.2) is 59.6 Å². The average molecular weight is 360 g/mol. The van der Waals surface area contributed by atoms with Crippen LogP contribution < -0.4 is 0 Å². The van der Waals surface area contributed by atoms with E-state index in [2.05, 4.69) is 67.6 Å². The number of carbonyl (C=O) groups is 1. The number of hydrogen-bond acceptors (Lipinski definition) is 2. The van der Waals surface area contributed by atoms with Crippen molar-refractivity contribution in [3.8, 4) is 5.69 Å². The van der Waals surface area contributed by atoms with Gasteiger partial charge in [-0.1, -0.05) is 26.0 Å². The molecule has 0 amide bonds. The minimum Gasteiger partial charge on any atom is -0.478 e. The Morgan fingerprint density at radius 1 is 1.04 bits per heavy atom. The first kappa shape index (κ1) is 18.6. The van der Waals surface area contributed by atoms with Crippen LogP contribution in [0.4, 0.5) is 5.69 Å². The summed E-state index contributed by atoms with van der Waals surface area (Å²) < 4.78 is 2.22. The topological polar surface area (TPSA) is 54.6 Å². The smallest absolute Gasteiger partial charge is 0.335 e. The van der Waals surface area contributed by atoms with Gasteiger partial charge in [0.05, 0.1) is 11.3 Å². The number of aromatic nitrogens is 1. The summed E-state index contributed by atoms with van der Waals surface area (Å²) in [4.78, 5) is 15.4. The van der Waals surface area contributed by atoms with Crippen LogP contribution in [0, 0.1) is 13.8 Å². The molecule has 0 aliphatic heterocycles. The van der Waals surface area contributed by atoms with Crippen molar-refractivity contribution >= 4 is 17.9 Å². The lowest BCUT2D eigenvalue weighted by Gasteiger charge is -2.12. The highest BCUT2D eigenvalue weighted by molar-refractivity contribution is 5.88. The number of aryl methyl sites for hydroxylation is 1. The minimum absolute atomic E-state index is 0.261. The third-order valence-electron chi connectivity index (χ3n) is 4.76. The first-order chi connectivity index (χ1) is 12.9. The highest BCUT2D eigenvalue weighted by Crippen LogP contribution is 2.23. The Balaban J connectivity index is 1.88. The largest absolute Gasteiger partial charge is 0.478 e. The summed E-state index contributed by atoms with van der Waals surface area (Å²) >= 11 is 0. The van der Waals surface area contributed by atoms with Crippen LogP contribution in [0.5, 0.6) is 0 Å². The van der Waals surface area contributed by atoms with Gasteiger partial charge in [-0.25, -0.2) is 4.79 Å². The third-order valence-corrected chi connectivity index (χ3v) is 4.76. The van der Waals surface area contributed by atoms with Gasteiger partial charge in [0.15, 0.2) is 0 Å². The van der Waals surface area contributed by atoms with Crippen LogP contribution in [0.3, 0.4) is 0 Å². The molecule has 1 N–H and O–H groups in total. The van der Waals surface area contributed by atoms with Crippen LogP contribution >= 0.6 is 0 Å². The number of carboxylic acid groups (broad SMARTS) is 1. The molecule has 3 rings (SSSR count). The van der Waals surface area contributed by atoms with Gasteiger partial charge in [0.25, 0.3) is 0 Å². The lowest BCUT2D eigenvalue weighted by atomic mass is 10.0. The van der Waals surface area contributed by atoms with E-state index in [0.717, 1.165) is 28.3 Å². The predicted octanol–water partition coefficient (Wildman–Crippen LogP) is 5.67. The van der Waals surface area contributed by atoms with Gasteiger partial charge in [-0.2, -0.15) is 0 Å². The van der Waals surface area contributed by atoms with Gasteiger partial charge in [-0.15, -0.1) is 0 Å². The summed E-state index contributed by atoms with van der Waals surface area (Å²) in [6.45, 7) is 8.55. The number of benzene rings is 2. The lowest BCUT2D eigenvalue weighted by Crippen LogP contribution is -2.00. The molecule has 0 aliphatic carbocycles. The fraction of sp³-hybridized carbons (Fsp3) is 0.217. The Morgan fingerprint density at radius 3 is 2.22 bits per heavy atom. The summed E-state index contributed by atoms with van der Waals surface area (Å²) in [5.41, 5.74) is 6.77. The van der Waals surface area contributed by atoms with Crippen molar-refractivity contribution in [2.75, 3.05) is 0 Å². The molecule has 138 valence electrons. The van der Waals surface area contributed by atoms with Crippen molar-refractivity contribution in [3.63, 3.8) is 0 Å². The Bertz CT molecular complexity index is 978. The molecule has 3 aromatic rings. The maximum atomic E-state index is 10.9. The van der Waals surface area contributed by atoms with Crippen molar-refractivity contribution in [1.29, 1.82) is 0 Å². The number of nitrogens with zero attached hydrogens (tertiary/aromatic N) is 2. The maximum Gasteiger partial charge on any atom is 0.335 e. The molecule has 4 heteroatoms. The lowest BCUT2D eigenvalue weighted by molar-refractivity contribution is 0.0697. The number of carboxylic acids is 1. The van der Waals surface area contributed by atoms with Gasteiger partial charge in [0, 0.05) is 28.9 Å². The second-order valence-corrected chi connectivity index (χ2v) is 7.02. The molecule has 0 unspecified atom stereocenters. The monoisotopic (exact) mass is 360 g/mol. The van der Waals surface area contributed by atoms with E-state index >= 15 is 0 Å². The summed E-state index contributed by atoms with van der Waals surface area (Å²) in [7, 11) is 0. The van der Waals surface area contributed by atoms with Crippen LogP contribution in [0.2, 0.25) is 0 Å². The first-order valence-electron chi connectivity index (χ1n) is 9.03. The fourth-order valence-electron chi connectivity index (χ4n) is 3.16.